The largest absolute Gasteiger partial charge is 0.388 e. The van der Waals surface area contributed by atoms with Crippen LogP contribution in [0.3, 0.4) is 0 Å². The maximum absolute atomic E-state index is 5.60. The second-order valence-corrected chi connectivity index (χ2v) is 5.67. The quantitative estimate of drug-likeness (QED) is 0.650. The van der Waals surface area contributed by atoms with Crippen molar-refractivity contribution in [1.29, 1.82) is 0 Å². The van der Waals surface area contributed by atoms with Gasteiger partial charge < -0.3 is 11.1 Å². The van der Waals surface area contributed by atoms with Crippen LogP contribution in [0.2, 0.25) is 0 Å². The molecule has 2 atom stereocenters. The lowest BCUT2D eigenvalue weighted by molar-refractivity contribution is 0.502. The highest BCUT2D eigenvalue weighted by Gasteiger charge is 2.16. The lowest BCUT2D eigenvalue weighted by atomic mass is 10.0. The van der Waals surface area contributed by atoms with Crippen LogP contribution in [0.25, 0.3) is 0 Å². The van der Waals surface area contributed by atoms with E-state index in [9.17, 15) is 0 Å². The zero-order valence-corrected chi connectivity index (χ0v) is 11.7. The molecule has 0 saturated heterocycles. The smallest absolute Gasteiger partial charge is 0.126 e. The van der Waals surface area contributed by atoms with Crippen LogP contribution in [0.15, 0.2) is 18.2 Å². The Morgan fingerprint density at radius 1 is 1.33 bits per heavy atom. The fraction of sp³-hybridized carbons (Fsp3) is 0.571. The van der Waals surface area contributed by atoms with E-state index in [2.05, 4.69) is 17.2 Å². The molecule has 1 aliphatic rings. The first-order valence-electron chi connectivity index (χ1n) is 6.68. The van der Waals surface area contributed by atoms with Gasteiger partial charge in [0.2, 0.25) is 0 Å². The summed E-state index contributed by atoms with van der Waals surface area (Å²) in [6, 6.07) is 6.31. The van der Waals surface area contributed by atoms with E-state index in [-0.39, 0.29) is 0 Å². The van der Waals surface area contributed by atoms with Crippen LogP contribution < -0.4 is 11.1 Å². The van der Waals surface area contributed by atoms with Gasteiger partial charge in [-0.2, -0.15) is 0 Å². The van der Waals surface area contributed by atoms with Crippen LogP contribution in [0, 0.1) is 5.92 Å². The normalized spacial score (nSPS) is 24.3. The molecule has 0 spiro atoms. The third-order valence-corrected chi connectivity index (χ3v) is 3.82. The van der Waals surface area contributed by atoms with E-state index in [1.807, 2.05) is 18.2 Å². The summed E-state index contributed by atoms with van der Waals surface area (Å²) in [5.41, 5.74) is 6.29. The first-order chi connectivity index (χ1) is 8.65. The number of hydrogen-bond acceptors (Lipinski definition) is 3. The van der Waals surface area contributed by atoms with Crippen molar-refractivity contribution in [2.24, 2.45) is 11.7 Å². The summed E-state index contributed by atoms with van der Waals surface area (Å²) in [5, 5.41) is 3.51. The maximum Gasteiger partial charge on any atom is 0.126 e. The number of rotatable bonds is 3. The van der Waals surface area contributed by atoms with Crippen molar-refractivity contribution in [2.45, 2.75) is 45.1 Å². The number of nitrogens with one attached hydrogen (secondary N) is 1. The minimum absolute atomic E-state index is 0.355. The molecule has 1 fully saturated rings. The fourth-order valence-corrected chi connectivity index (χ4v) is 2.61. The SMILES string of the molecule is CC1CCCC(Nc2cccc(C(N)=S)n2)CC1. The third kappa shape index (κ3) is 3.67. The van der Waals surface area contributed by atoms with Crippen molar-refractivity contribution in [2.75, 3.05) is 5.32 Å². The summed E-state index contributed by atoms with van der Waals surface area (Å²) in [5.74, 6) is 1.74. The molecule has 4 heteroatoms. The topological polar surface area (TPSA) is 50.9 Å². The highest BCUT2D eigenvalue weighted by Crippen LogP contribution is 2.24. The molecule has 1 aliphatic carbocycles. The van der Waals surface area contributed by atoms with Gasteiger partial charge in [0.05, 0.1) is 5.69 Å². The fourth-order valence-electron chi connectivity index (χ4n) is 2.49. The molecule has 3 N–H and O–H groups in total. The van der Waals surface area contributed by atoms with Crippen LogP contribution >= 0.6 is 12.2 Å². The van der Waals surface area contributed by atoms with Crippen molar-refractivity contribution in [3.05, 3.63) is 23.9 Å². The highest BCUT2D eigenvalue weighted by atomic mass is 32.1. The lowest BCUT2D eigenvalue weighted by Gasteiger charge is -2.17. The number of thiocarbonyl (C=S) groups is 1. The van der Waals surface area contributed by atoms with E-state index < -0.39 is 0 Å². The molecule has 0 radical (unpaired) electrons. The van der Waals surface area contributed by atoms with Crippen molar-refractivity contribution < 1.29 is 0 Å². The molecule has 0 aliphatic heterocycles. The summed E-state index contributed by atoms with van der Waals surface area (Å²) in [7, 11) is 0. The number of nitrogens with two attached hydrogens (primary N) is 1. The van der Waals surface area contributed by atoms with Gasteiger partial charge in [-0.3, -0.25) is 0 Å². The number of nitrogens with zero attached hydrogens (tertiary/aromatic N) is 1. The van der Waals surface area contributed by atoms with Crippen LogP contribution in [-0.2, 0) is 0 Å². The second kappa shape index (κ2) is 6.14. The van der Waals surface area contributed by atoms with E-state index in [4.69, 9.17) is 18.0 Å². The lowest BCUT2D eigenvalue weighted by Crippen LogP contribution is -2.20. The molecule has 1 aromatic rings. The van der Waals surface area contributed by atoms with Gasteiger partial charge in [-0.1, -0.05) is 38.0 Å². The molecule has 18 heavy (non-hydrogen) atoms. The number of pyridine rings is 1. The third-order valence-electron chi connectivity index (χ3n) is 3.61. The molecule has 98 valence electrons. The first kappa shape index (κ1) is 13.3. The Morgan fingerprint density at radius 2 is 2.17 bits per heavy atom. The number of aromatic nitrogens is 1. The van der Waals surface area contributed by atoms with Crippen LogP contribution in [0.5, 0.6) is 0 Å². The predicted molar refractivity (Wildman–Crippen MR) is 79.8 cm³/mol. The predicted octanol–water partition coefficient (Wildman–Crippen LogP) is 3.10. The Balaban J connectivity index is 2.00. The van der Waals surface area contributed by atoms with Crippen LogP contribution in [0.1, 0.15) is 44.7 Å². The van der Waals surface area contributed by atoms with Crippen LogP contribution in [-0.4, -0.2) is 16.0 Å². The van der Waals surface area contributed by atoms with E-state index in [0.717, 1.165) is 11.7 Å². The van der Waals surface area contributed by atoms with Gasteiger partial charge in [0.25, 0.3) is 0 Å². The molecule has 1 aromatic heterocycles. The molecule has 3 nitrogen and oxygen atoms in total. The summed E-state index contributed by atoms with van der Waals surface area (Å²) in [6.45, 7) is 2.34. The maximum atomic E-state index is 5.60. The monoisotopic (exact) mass is 263 g/mol. The zero-order chi connectivity index (χ0) is 13.0. The summed E-state index contributed by atoms with van der Waals surface area (Å²) in [4.78, 5) is 4.79. The van der Waals surface area contributed by atoms with E-state index in [0.29, 0.717) is 16.7 Å². The van der Waals surface area contributed by atoms with E-state index in [1.165, 1.54) is 32.1 Å². The number of anilines is 1. The molecular weight excluding hydrogens is 242 g/mol. The number of hydrogen-bond donors (Lipinski definition) is 2. The molecule has 0 amide bonds. The first-order valence-corrected chi connectivity index (χ1v) is 7.09. The highest BCUT2D eigenvalue weighted by molar-refractivity contribution is 7.80. The Bertz CT molecular complexity index is 419. The average Bonchev–Trinajstić information content (AvgIpc) is 2.55. The second-order valence-electron chi connectivity index (χ2n) is 5.23. The van der Waals surface area contributed by atoms with Crippen molar-refractivity contribution in [3.63, 3.8) is 0 Å². The summed E-state index contributed by atoms with van der Waals surface area (Å²) < 4.78 is 0. The molecule has 2 unspecified atom stereocenters. The van der Waals surface area contributed by atoms with Crippen LogP contribution in [0.4, 0.5) is 5.82 Å². The van der Waals surface area contributed by atoms with Gasteiger partial charge in [-0.05, 0) is 37.3 Å². The standard InChI is InChI=1S/C14H21N3S/c1-10-4-2-5-11(9-8-10)16-13-7-3-6-12(17-13)14(15)18/h3,6-7,10-11H,2,4-5,8-9H2,1H3,(H2,15,18)(H,16,17). The van der Waals surface area contributed by atoms with Gasteiger partial charge >= 0.3 is 0 Å². The Morgan fingerprint density at radius 3 is 2.94 bits per heavy atom. The van der Waals surface area contributed by atoms with Gasteiger partial charge in [0, 0.05) is 6.04 Å². The molecular formula is C14H21N3S. The Kier molecular flexibility index (Phi) is 4.53. The molecule has 2 rings (SSSR count). The van der Waals surface area contributed by atoms with Gasteiger partial charge in [-0.25, -0.2) is 4.98 Å². The van der Waals surface area contributed by atoms with E-state index >= 15 is 0 Å². The molecule has 0 aromatic carbocycles. The Labute approximate surface area is 114 Å². The summed E-state index contributed by atoms with van der Waals surface area (Å²) >= 11 is 4.95. The average molecular weight is 263 g/mol. The van der Waals surface area contributed by atoms with Gasteiger partial charge in [0.15, 0.2) is 0 Å². The van der Waals surface area contributed by atoms with E-state index in [1.54, 1.807) is 0 Å². The minimum Gasteiger partial charge on any atom is -0.388 e. The molecule has 0 bridgehead atoms. The van der Waals surface area contributed by atoms with Crippen molar-refractivity contribution in [1.82, 2.24) is 4.98 Å². The van der Waals surface area contributed by atoms with Crippen molar-refractivity contribution >= 4 is 23.0 Å². The van der Waals surface area contributed by atoms with Gasteiger partial charge in [-0.15, -0.1) is 0 Å². The Hall–Kier alpha value is -1.16. The van der Waals surface area contributed by atoms with Crippen molar-refractivity contribution in [3.8, 4) is 0 Å². The molecule has 1 heterocycles. The minimum atomic E-state index is 0.355. The molecule has 1 saturated carbocycles. The summed E-state index contributed by atoms with van der Waals surface area (Å²) in [6.07, 6.45) is 6.39. The van der Waals surface area contributed by atoms with Gasteiger partial charge in [0.1, 0.15) is 10.8 Å². The zero-order valence-electron chi connectivity index (χ0n) is 10.9.